The van der Waals surface area contributed by atoms with E-state index in [1.165, 1.54) is 0 Å². The molecule has 1 aliphatic heterocycles. The molecule has 3 heterocycles. The summed E-state index contributed by atoms with van der Waals surface area (Å²) in [5.41, 5.74) is 2.54. The van der Waals surface area contributed by atoms with Crippen LogP contribution in [0.3, 0.4) is 0 Å². The summed E-state index contributed by atoms with van der Waals surface area (Å²) in [6.45, 7) is 4.01. The number of para-hydroxylation sites is 1. The van der Waals surface area contributed by atoms with Gasteiger partial charge >= 0.3 is 0 Å². The number of aryl methyl sites for hydroxylation is 1. The Morgan fingerprint density at radius 3 is 2.93 bits per heavy atom. The van der Waals surface area contributed by atoms with Crippen molar-refractivity contribution in [2.24, 2.45) is 0 Å². The zero-order valence-electron chi connectivity index (χ0n) is 16.6. The largest absolute Gasteiger partial charge is 0.394 e. The molecule has 0 spiro atoms. The number of carbonyl (C=O) groups excluding carboxylic acids is 1. The Hall–Kier alpha value is -2.93. The lowest BCUT2D eigenvalue weighted by molar-refractivity contribution is -0.133. The fourth-order valence-corrected chi connectivity index (χ4v) is 4.17. The number of piperidine rings is 1. The molecule has 3 aromatic rings. The molecule has 7 heteroatoms. The van der Waals surface area contributed by atoms with E-state index in [-0.39, 0.29) is 30.4 Å². The minimum Gasteiger partial charge on any atom is -0.394 e. The number of aliphatic hydroxyl groups is 1. The van der Waals surface area contributed by atoms with Crippen LogP contribution in [0.5, 0.6) is 0 Å². The van der Waals surface area contributed by atoms with Crippen molar-refractivity contribution in [3.05, 3.63) is 64.2 Å². The third-order valence-corrected chi connectivity index (χ3v) is 5.70. The highest BCUT2D eigenvalue weighted by molar-refractivity contribution is 5.82. The summed E-state index contributed by atoms with van der Waals surface area (Å²) in [6.07, 6.45) is 3.81. The average molecular weight is 394 g/mol. The fraction of sp³-hybridized carbons (Fsp3) is 0.409. The molecule has 0 radical (unpaired) electrons. The van der Waals surface area contributed by atoms with Crippen LogP contribution in [-0.4, -0.2) is 50.0 Å². The number of benzene rings is 1. The van der Waals surface area contributed by atoms with Crippen molar-refractivity contribution >= 4 is 16.8 Å². The molecule has 7 nitrogen and oxygen atoms in total. The number of fused-ring (bicyclic) bond motifs is 1. The van der Waals surface area contributed by atoms with Crippen LogP contribution in [0, 0.1) is 6.92 Å². The predicted octanol–water partition coefficient (Wildman–Crippen LogP) is 1.90. The summed E-state index contributed by atoms with van der Waals surface area (Å²) in [6, 6.07) is 11.0. The second-order valence-electron chi connectivity index (χ2n) is 7.66. The first-order chi connectivity index (χ1) is 14.1. The SMILES string of the molecule is Cc1cc(=O)c2ccccc2n1CC(=O)N1CCC[C@@H](c2ccn(CCO)n2)C1. The van der Waals surface area contributed by atoms with Gasteiger partial charge in [-0.2, -0.15) is 5.10 Å². The molecule has 0 unspecified atom stereocenters. The van der Waals surface area contributed by atoms with Gasteiger partial charge in [0.2, 0.25) is 5.91 Å². The number of hydrogen-bond donors (Lipinski definition) is 1. The zero-order valence-corrected chi connectivity index (χ0v) is 16.6. The second-order valence-corrected chi connectivity index (χ2v) is 7.66. The molecule has 0 bridgehead atoms. The van der Waals surface area contributed by atoms with E-state index in [2.05, 4.69) is 5.10 Å². The van der Waals surface area contributed by atoms with Gasteiger partial charge in [0.25, 0.3) is 0 Å². The van der Waals surface area contributed by atoms with E-state index in [1.54, 1.807) is 16.8 Å². The van der Waals surface area contributed by atoms with E-state index in [0.717, 1.165) is 36.3 Å². The Bertz CT molecular complexity index is 1090. The third kappa shape index (κ3) is 3.96. The molecule has 1 N–H and O–H groups in total. The molecule has 0 aliphatic carbocycles. The first-order valence-electron chi connectivity index (χ1n) is 10.1. The summed E-state index contributed by atoms with van der Waals surface area (Å²) in [7, 11) is 0. The van der Waals surface area contributed by atoms with Crippen molar-refractivity contribution in [3.63, 3.8) is 0 Å². The van der Waals surface area contributed by atoms with Crippen LogP contribution in [0.25, 0.3) is 10.9 Å². The van der Waals surface area contributed by atoms with Gasteiger partial charge < -0.3 is 14.6 Å². The smallest absolute Gasteiger partial charge is 0.242 e. The van der Waals surface area contributed by atoms with Gasteiger partial charge in [-0.15, -0.1) is 0 Å². The normalized spacial score (nSPS) is 17.0. The first-order valence-corrected chi connectivity index (χ1v) is 10.1. The minimum atomic E-state index is -0.0155. The van der Waals surface area contributed by atoms with Crippen molar-refractivity contribution in [3.8, 4) is 0 Å². The maximum Gasteiger partial charge on any atom is 0.242 e. The number of carbonyl (C=O) groups is 1. The fourth-order valence-electron chi connectivity index (χ4n) is 4.17. The van der Waals surface area contributed by atoms with E-state index < -0.39 is 0 Å². The molecule has 2 aromatic heterocycles. The highest BCUT2D eigenvalue weighted by atomic mass is 16.3. The van der Waals surface area contributed by atoms with Gasteiger partial charge in [0.1, 0.15) is 6.54 Å². The van der Waals surface area contributed by atoms with Crippen molar-refractivity contribution < 1.29 is 9.90 Å². The van der Waals surface area contributed by atoms with Crippen LogP contribution >= 0.6 is 0 Å². The summed E-state index contributed by atoms with van der Waals surface area (Å²) in [5, 5.41) is 14.3. The quantitative estimate of drug-likeness (QED) is 0.717. The number of likely N-dealkylation sites (tertiary alicyclic amines) is 1. The lowest BCUT2D eigenvalue weighted by Crippen LogP contribution is -2.41. The molecule has 1 aromatic carbocycles. The molecular weight excluding hydrogens is 368 g/mol. The summed E-state index contributed by atoms with van der Waals surface area (Å²) >= 11 is 0. The van der Waals surface area contributed by atoms with Gasteiger partial charge in [0, 0.05) is 42.4 Å². The van der Waals surface area contributed by atoms with Gasteiger partial charge in [-0.1, -0.05) is 12.1 Å². The molecule has 152 valence electrons. The lowest BCUT2D eigenvalue weighted by Gasteiger charge is -2.32. The number of aromatic nitrogens is 3. The first kappa shape index (κ1) is 19.4. The molecular formula is C22H26N4O3. The maximum atomic E-state index is 13.1. The predicted molar refractivity (Wildman–Crippen MR) is 111 cm³/mol. The Kier molecular flexibility index (Phi) is 5.49. The number of amides is 1. The van der Waals surface area contributed by atoms with Crippen LogP contribution in [0.4, 0.5) is 0 Å². The van der Waals surface area contributed by atoms with Crippen molar-refractivity contribution in [1.82, 2.24) is 19.2 Å². The highest BCUT2D eigenvalue weighted by Gasteiger charge is 2.26. The number of pyridine rings is 1. The monoisotopic (exact) mass is 394 g/mol. The van der Waals surface area contributed by atoms with Crippen molar-refractivity contribution in [2.45, 2.75) is 38.8 Å². The van der Waals surface area contributed by atoms with Gasteiger partial charge in [-0.05, 0) is 38.0 Å². The Morgan fingerprint density at radius 2 is 2.10 bits per heavy atom. The third-order valence-electron chi connectivity index (χ3n) is 5.70. The standard InChI is InChI=1S/C22H26N4O3/c1-16-13-21(28)18-6-2-3-7-20(18)26(16)15-22(29)24-9-4-5-17(14-24)19-8-10-25(23-19)11-12-27/h2-3,6-8,10,13,17,27H,4-5,9,11-12,14-15H2,1H3/t17-/m1/s1. The molecule has 0 saturated carbocycles. The van der Waals surface area contributed by atoms with Crippen molar-refractivity contribution in [1.29, 1.82) is 0 Å². The summed E-state index contributed by atoms with van der Waals surface area (Å²) < 4.78 is 3.67. The summed E-state index contributed by atoms with van der Waals surface area (Å²) in [4.78, 5) is 27.3. The van der Waals surface area contributed by atoms with Crippen LogP contribution in [0.15, 0.2) is 47.4 Å². The second kappa shape index (κ2) is 8.21. The van der Waals surface area contributed by atoms with E-state index in [0.29, 0.717) is 18.5 Å². The van der Waals surface area contributed by atoms with Crippen molar-refractivity contribution in [2.75, 3.05) is 19.7 Å². The highest BCUT2D eigenvalue weighted by Crippen LogP contribution is 2.26. The number of hydrogen-bond acceptors (Lipinski definition) is 4. The van der Waals surface area contributed by atoms with Gasteiger partial charge in [0.15, 0.2) is 5.43 Å². The molecule has 29 heavy (non-hydrogen) atoms. The van der Waals surface area contributed by atoms with E-state index in [1.807, 2.05) is 46.9 Å². The Labute approximate surface area is 169 Å². The van der Waals surface area contributed by atoms with Crippen LogP contribution in [0.2, 0.25) is 0 Å². The van der Waals surface area contributed by atoms with E-state index in [4.69, 9.17) is 5.11 Å². The number of aliphatic hydroxyl groups excluding tert-OH is 1. The molecule has 4 rings (SSSR count). The van der Waals surface area contributed by atoms with Gasteiger partial charge in [0.05, 0.1) is 24.4 Å². The average Bonchev–Trinajstić information content (AvgIpc) is 3.20. The van der Waals surface area contributed by atoms with Crippen LogP contribution in [0.1, 0.15) is 30.1 Å². The lowest BCUT2D eigenvalue weighted by atomic mass is 9.95. The molecule has 1 aliphatic rings. The van der Waals surface area contributed by atoms with Crippen LogP contribution < -0.4 is 5.43 Å². The van der Waals surface area contributed by atoms with Gasteiger partial charge in [-0.3, -0.25) is 14.3 Å². The molecule has 1 saturated heterocycles. The van der Waals surface area contributed by atoms with Crippen LogP contribution in [-0.2, 0) is 17.9 Å². The minimum absolute atomic E-state index is 0.0155. The van der Waals surface area contributed by atoms with E-state index in [9.17, 15) is 9.59 Å². The number of nitrogens with zero attached hydrogens (tertiary/aromatic N) is 4. The maximum absolute atomic E-state index is 13.1. The molecule has 1 amide bonds. The zero-order chi connectivity index (χ0) is 20.4. The summed E-state index contributed by atoms with van der Waals surface area (Å²) in [5.74, 6) is 0.265. The van der Waals surface area contributed by atoms with E-state index >= 15 is 0 Å². The number of rotatable bonds is 5. The Balaban J connectivity index is 1.53. The van der Waals surface area contributed by atoms with Gasteiger partial charge in [-0.25, -0.2) is 0 Å². The molecule has 1 fully saturated rings. The topological polar surface area (TPSA) is 80.4 Å². The molecule has 1 atom stereocenters. The Morgan fingerprint density at radius 1 is 1.28 bits per heavy atom.